The first-order valence-corrected chi connectivity index (χ1v) is 9.47. The predicted octanol–water partition coefficient (Wildman–Crippen LogP) is 4.00. The smallest absolute Gasteiger partial charge is 0.141 e. The van der Waals surface area contributed by atoms with Gasteiger partial charge in [-0.15, -0.1) is 0 Å². The largest absolute Gasteiger partial charge is 0.376 e. The van der Waals surface area contributed by atoms with E-state index in [0.717, 1.165) is 19.4 Å². The van der Waals surface area contributed by atoms with Gasteiger partial charge in [0.25, 0.3) is 0 Å². The third kappa shape index (κ3) is 2.82. The predicted molar refractivity (Wildman–Crippen MR) is 92.5 cm³/mol. The Kier molecular flexibility index (Phi) is 4.48. The molecule has 0 N–H and O–H groups in total. The number of carbonyl (C=O) groups is 1. The Bertz CT molecular complexity index is 584. The molecule has 1 aliphatic heterocycles. The lowest BCUT2D eigenvalue weighted by Gasteiger charge is -2.61. The second kappa shape index (κ2) is 6.61. The maximum absolute atomic E-state index is 12.2. The summed E-state index contributed by atoms with van der Waals surface area (Å²) in [5.74, 6) is 2.40. The van der Waals surface area contributed by atoms with Crippen molar-refractivity contribution in [3.8, 4) is 0 Å². The van der Waals surface area contributed by atoms with Crippen molar-refractivity contribution >= 4 is 5.78 Å². The van der Waals surface area contributed by atoms with Crippen LogP contribution in [0.1, 0.15) is 44.6 Å². The molecule has 1 spiro atoms. The van der Waals surface area contributed by atoms with Crippen LogP contribution in [0.3, 0.4) is 0 Å². The van der Waals surface area contributed by atoms with Crippen molar-refractivity contribution in [2.45, 2.75) is 51.2 Å². The molecule has 1 heterocycles. The van der Waals surface area contributed by atoms with Crippen molar-refractivity contribution in [3.05, 3.63) is 35.9 Å². The highest BCUT2D eigenvalue weighted by Crippen LogP contribution is 2.59. The first-order chi connectivity index (χ1) is 11.7. The standard InChI is InChI=1S/C21H28O3/c1-15(13-23-14-16-5-3-2-4-6-16)17-7-8-18-11-19-20(22)9-10-24-21(18,19)12-17/h2-6,15,17-19H,7-14H2,1H3/t15?,17-,18?,19?,21?/m1/s1. The lowest BCUT2D eigenvalue weighted by atomic mass is 9.50. The summed E-state index contributed by atoms with van der Waals surface area (Å²) in [5, 5.41) is 0. The third-order valence-corrected chi connectivity index (χ3v) is 6.67. The Morgan fingerprint density at radius 1 is 1.29 bits per heavy atom. The van der Waals surface area contributed by atoms with Crippen LogP contribution in [0.5, 0.6) is 0 Å². The average Bonchev–Trinajstić information content (AvgIpc) is 2.57. The van der Waals surface area contributed by atoms with Gasteiger partial charge in [0.15, 0.2) is 0 Å². The number of hydrogen-bond donors (Lipinski definition) is 0. The molecule has 3 heteroatoms. The summed E-state index contributed by atoms with van der Waals surface area (Å²) in [6.45, 7) is 4.41. The van der Waals surface area contributed by atoms with Crippen molar-refractivity contribution in [2.75, 3.05) is 13.2 Å². The van der Waals surface area contributed by atoms with Gasteiger partial charge in [-0.1, -0.05) is 37.3 Å². The van der Waals surface area contributed by atoms with E-state index < -0.39 is 0 Å². The SMILES string of the molecule is CC(COCc1ccccc1)[C@@H]1CCC2CC3C(=O)CCOC23C1. The number of Topliss-reactive ketones (excluding diaryl/α,β-unsaturated/α-hetero) is 1. The van der Waals surface area contributed by atoms with E-state index in [4.69, 9.17) is 9.47 Å². The van der Waals surface area contributed by atoms with E-state index in [1.807, 2.05) is 6.07 Å². The molecule has 2 saturated carbocycles. The molecule has 24 heavy (non-hydrogen) atoms. The van der Waals surface area contributed by atoms with Gasteiger partial charge in [-0.05, 0) is 49.0 Å². The van der Waals surface area contributed by atoms with Gasteiger partial charge >= 0.3 is 0 Å². The average molecular weight is 328 g/mol. The van der Waals surface area contributed by atoms with Crippen LogP contribution in [-0.2, 0) is 20.9 Å². The molecule has 5 atom stereocenters. The van der Waals surface area contributed by atoms with Gasteiger partial charge in [0, 0.05) is 18.9 Å². The monoisotopic (exact) mass is 328 g/mol. The minimum atomic E-state index is -0.105. The number of hydrogen-bond acceptors (Lipinski definition) is 3. The van der Waals surface area contributed by atoms with E-state index in [9.17, 15) is 4.79 Å². The van der Waals surface area contributed by atoms with Crippen molar-refractivity contribution in [2.24, 2.45) is 23.7 Å². The van der Waals surface area contributed by atoms with Crippen molar-refractivity contribution < 1.29 is 14.3 Å². The van der Waals surface area contributed by atoms with Crippen molar-refractivity contribution in [3.63, 3.8) is 0 Å². The van der Waals surface area contributed by atoms with Crippen LogP contribution in [0.2, 0.25) is 0 Å². The Hall–Kier alpha value is -1.19. The zero-order valence-electron chi connectivity index (χ0n) is 14.6. The molecule has 3 aliphatic rings. The second-order valence-corrected chi connectivity index (χ2v) is 8.02. The summed E-state index contributed by atoms with van der Waals surface area (Å²) >= 11 is 0. The lowest BCUT2D eigenvalue weighted by molar-refractivity contribution is -0.236. The van der Waals surface area contributed by atoms with Crippen LogP contribution in [0, 0.1) is 23.7 Å². The summed E-state index contributed by atoms with van der Waals surface area (Å²) in [5.41, 5.74) is 1.12. The number of carbonyl (C=O) groups excluding carboxylic acids is 1. The topological polar surface area (TPSA) is 35.5 Å². The highest BCUT2D eigenvalue weighted by molar-refractivity contribution is 5.84. The molecule has 4 unspecified atom stereocenters. The maximum atomic E-state index is 12.2. The van der Waals surface area contributed by atoms with E-state index in [-0.39, 0.29) is 11.5 Å². The minimum Gasteiger partial charge on any atom is -0.376 e. The zero-order chi connectivity index (χ0) is 16.6. The van der Waals surface area contributed by atoms with Crippen LogP contribution in [-0.4, -0.2) is 24.6 Å². The quantitative estimate of drug-likeness (QED) is 0.819. The third-order valence-electron chi connectivity index (χ3n) is 6.67. The molecule has 4 rings (SSSR count). The molecule has 1 aromatic carbocycles. The minimum absolute atomic E-state index is 0.105. The van der Waals surface area contributed by atoms with E-state index in [2.05, 4.69) is 31.2 Å². The molecule has 3 fully saturated rings. The molecule has 2 aliphatic carbocycles. The maximum Gasteiger partial charge on any atom is 0.141 e. The number of ketones is 1. The molecular formula is C21H28O3. The summed E-state index contributed by atoms with van der Waals surface area (Å²) in [6, 6.07) is 10.3. The Morgan fingerprint density at radius 3 is 2.96 bits per heavy atom. The van der Waals surface area contributed by atoms with E-state index in [0.29, 0.717) is 43.2 Å². The fraction of sp³-hybridized carbons (Fsp3) is 0.667. The zero-order valence-corrected chi connectivity index (χ0v) is 14.6. The summed E-state index contributed by atoms with van der Waals surface area (Å²) in [6.07, 6.45) is 5.23. The molecular weight excluding hydrogens is 300 g/mol. The molecule has 0 amide bonds. The Labute approximate surface area is 144 Å². The normalized spacial score (nSPS) is 36.4. The lowest BCUT2D eigenvalue weighted by Crippen LogP contribution is -2.65. The Morgan fingerprint density at radius 2 is 2.12 bits per heavy atom. The van der Waals surface area contributed by atoms with Crippen LogP contribution < -0.4 is 0 Å². The van der Waals surface area contributed by atoms with Gasteiger partial charge in [-0.25, -0.2) is 0 Å². The highest BCUT2D eigenvalue weighted by Gasteiger charge is 2.62. The first kappa shape index (κ1) is 16.3. The van der Waals surface area contributed by atoms with Gasteiger partial charge in [-0.3, -0.25) is 4.79 Å². The van der Waals surface area contributed by atoms with Crippen LogP contribution in [0.4, 0.5) is 0 Å². The van der Waals surface area contributed by atoms with Crippen molar-refractivity contribution in [1.82, 2.24) is 0 Å². The van der Waals surface area contributed by atoms with Crippen LogP contribution in [0.15, 0.2) is 30.3 Å². The van der Waals surface area contributed by atoms with Crippen molar-refractivity contribution in [1.29, 1.82) is 0 Å². The molecule has 1 aromatic rings. The highest BCUT2D eigenvalue weighted by atomic mass is 16.5. The fourth-order valence-electron chi connectivity index (χ4n) is 5.16. The van der Waals surface area contributed by atoms with Crippen LogP contribution in [0.25, 0.3) is 0 Å². The number of rotatable bonds is 5. The van der Waals surface area contributed by atoms with Gasteiger partial charge in [-0.2, -0.15) is 0 Å². The first-order valence-electron chi connectivity index (χ1n) is 9.47. The summed E-state index contributed by atoms with van der Waals surface area (Å²) in [4.78, 5) is 12.2. The molecule has 1 saturated heterocycles. The summed E-state index contributed by atoms with van der Waals surface area (Å²) in [7, 11) is 0. The van der Waals surface area contributed by atoms with E-state index in [1.165, 1.54) is 18.4 Å². The molecule has 0 radical (unpaired) electrons. The fourth-order valence-corrected chi connectivity index (χ4v) is 5.16. The van der Waals surface area contributed by atoms with Gasteiger partial charge in [0.1, 0.15) is 5.78 Å². The van der Waals surface area contributed by atoms with Gasteiger partial charge < -0.3 is 9.47 Å². The summed E-state index contributed by atoms with van der Waals surface area (Å²) < 4.78 is 12.2. The van der Waals surface area contributed by atoms with Crippen LogP contribution >= 0.6 is 0 Å². The van der Waals surface area contributed by atoms with E-state index >= 15 is 0 Å². The number of benzene rings is 1. The van der Waals surface area contributed by atoms with E-state index in [1.54, 1.807) is 0 Å². The number of ether oxygens (including phenoxy) is 2. The molecule has 0 aromatic heterocycles. The molecule has 3 nitrogen and oxygen atoms in total. The second-order valence-electron chi connectivity index (χ2n) is 8.02. The molecule has 0 bridgehead atoms. The van der Waals surface area contributed by atoms with Gasteiger partial charge in [0.05, 0.1) is 18.8 Å². The van der Waals surface area contributed by atoms with Gasteiger partial charge in [0.2, 0.25) is 0 Å². The molecule has 130 valence electrons. The Balaban J connectivity index is 1.32.